The molecule has 5 nitrogen and oxygen atoms in total. The minimum Gasteiger partial charge on any atom is -0.465 e. The average Bonchev–Trinajstić information content (AvgIpc) is 2.37. The number of carbonyl (C=O) groups excluding carboxylic acids is 1. The van der Waals surface area contributed by atoms with Crippen molar-refractivity contribution in [3.63, 3.8) is 0 Å². The van der Waals surface area contributed by atoms with Crippen LogP contribution < -0.4 is 11.1 Å². The van der Waals surface area contributed by atoms with Gasteiger partial charge in [-0.25, -0.2) is 4.79 Å². The molecular formula is C13H20N2O3. The fourth-order valence-electron chi connectivity index (χ4n) is 1.63. The summed E-state index contributed by atoms with van der Waals surface area (Å²) >= 11 is 0. The molecule has 0 aromatic heterocycles. The zero-order valence-electron chi connectivity index (χ0n) is 11.0. The zero-order valence-corrected chi connectivity index (χ0v) is 11.0. The third-order valence-corrected chi connectivity index (χ3v) is 2.60. The molecule has 0 aliphatic rings. The third kappa shape index (κ3) is 3.63. The second-order valence-corrected chi connectivity index (χ2v) is 4.20. The summed E-state index contributed by atoms with van der Waals surface area (Å²) in [4.78, 5) is 11.5. The highest BCUT2D eigenvalue weighted by Gasteiger charge is 2.12. The fraction of sp³-hybridized carbons (Fsp3) is 0.462. The van der Waals surface area contributed by atoms with Crippen LogP contribution in [0.5, 0.6) is 0 Å². The maximum Gasteiger partial charge on any atom is 0.340 e. The molecule has 0 bridgehead atoms. The molecule has 0 fully saturated rings. The molecule has 0 heterocycles. The Kier molecular flexibility index (Phi) is 5.45. The molecule has 1 rings (SSSR count). The van der Waals surface area contributed by atoms with E-state index in [4.69, 9.17) is 10.5 Å². The zero-order chi connectivity index (χ0) is 13.5. The quantitative estimate of drug-likeness (QED) is 0.596. The van der Waals surface area contributed by atoms with Gasteiger partial charge in [-0.2, -0.15) is 0 Å². The van der Waals surface area contributed by atoms with Crippen molar-refractivity contribution < 1.29 is 14.3 Å². The van der Waals surface area contributed by atoms with E-state index in [1.165, 1.54) is 7.11 Å². The van der Waals surface area contributed by atoms with Crippen LogP contribution in [0.25, 0.3) is 0 Å². The molecule has 1 aromatic rings. The van der Waals surface area contributed by atoms with Crippen molar-refractivity contribution in [2.75, 3.05) is 38.4 Å². The maximum atomic E-state index is 11.5. The van der Waals surface area contributed by atoms with Crippen molar-refractivity contribution in [1.82, 2.24) is 0 Å². The highest BCUT2D eigenvalue weighted by molar-refractivity contribution is 5.98. The van der Waals surface area contributed by atoms with E-state index in [1.54, 1.807) is 19.2 Å². The number of nitrogens with one attached hydrogen (secondary N) is 1. The Morgan fingerprint density at radius 1 is 1.44 bits per heavy atom. The maximum absolute atomic E-state index is 11.5. The third-order valence-electron chi connectivity index (χ3n) is 2.60. The lowest BCUT2D eigenvalue weighted by Gasteiger charge is -2.15. The van der Waals surface area contributed by atoms with Crippen molar-refractivity contribution in [3.8, 4) is 0 Å². The van der Waals surface area contributed by atoms with E-state index in [0.29, 0.717) is 23.8 Å². The monoisotopic (exact) mass is 252 g/mol. The summed E-state index contributed by atoms with van der Waals surface area (Å²) in [7, 11) is 3.01. The number of carbonyl (C=O) groups is 1. The molecule has 0 amide bonds. The molecule has 1 atom stereocenters. The minimum atomic E-state index is -0.430. The van der Waals surface area contributed by atoms with Crippen LogP contribution in [0.4, 0.5) is 11.4 Å². The molecule has 3 N–H and O–H groups in total. The molecule has 1 aromatic carbocycles. The first-order chi connectivity index (χ1) is 8.60. The lowest BCUT2D eigenvalue weighted by atomic mass is 10.1. The lowest BCUT2D eigenvalue weighted by molar-refractivity contribution is 0.0602. The number of ether oxygens (including phenoxy) is 2. The van der Waals surface area contributed by atoms with E-state index < -0.39 is 5.97 Å². The SMILES string of the molecule is COCC(C)CNc1cccc(C(=O)OC)c1N. The van der Waals surface area contributed by atoms with E-state index in [0.717, 1.165) is 12.2 Å². The molecule has 5 heteroatoms. The Labute approximate surface area is 107 Å². The number of nitrogens with two attached hydrogens (primary N) is 1. The fourth-order valence-corrected chi connectivity index (χ4v) is 1.63. The first-order valence-corrected chi connectivity index (χ1v) is 5.79. The first kappa shape index (κ1) is 14.3. The van der Waals surface area contributed by atoms with Crippen molar-refractivity contribution in [2.45, 2.75) is 6.92 Å². The number of anilines is 2. The van der Waals surface area contributed by atoms with Gasteiger partial charge in [-0.15, -0.1) is 0 Å². The molecule has 0 aliphatic carbocycles. The summed E-state index contributed by atoms with van der Waals surface area (Å²) in [5.41, 5.74) is 7.45. The Morgan fingerprint density at radius 2 is 2.17 bits per heavy atom. The number of methoxy groups -OCH3 is 2. The summed E-state index contributed by atoms with van der Waals surface area (Å²) in [5, 5.41) is 3.20. The summed E-state index contributed by atoms with van der Waals surface area (Å²) in [5.74, 6) is -0.0720. The highest BCUT2D eigenvalue weighted by atomic mass is 16.5. The van der Waals surface area contributed by atoms with Gasteiger partial charge in [0.2, 0.25) is 0 Å². The van der Waals surface area contributed by atoms with Gasteiger partial charge in [-0.1, -0.05) is 13.0 Å². The largest absolute Gasteiger partial charge is 0.465 e. The Morgan fingerprint density at radius 3 is 2.78 bits per heavy atom. The molecule has 0 aliphatic heterocycles. The predicted molar refractivity (Wildman–Crippen MR) is 71.7 cm³/mol. The smallest absolute Gasteiger partial charge is 0.340 e. The Hall–Kier alpha value is -1.75. The van der Waals surface area contributed by atoms with E-state index in [2.05, 4.69) is 17.0 Å². The van der Waals surface area contributed by atoms with E-state index >= 15 is 0 Å². The molecule has 0 saturated heterocycles. The molecule has 0 spiro atoms. The molecular weight excluding hydrogens is 232 g/mol. The normalized spacial score (nSPS) is 11.9. The van der Waals surface area contributed by atoms with E-state index in [-0.39, 0.29) is 0 Å². The van der Waals surface area contributed by atoms with Gasteiger partial charge in [0.05, 0.1) is 30.7 Å². The second kappa shape index (κ2) is 6.86. The number of nitrogen functional groups attached to an aromatic ring is 1. The summed E-state index contributed by atoms with van der Waals surface area (Å²) < 4.78 is 9.73. The molecule has 18 heavy (non-hydrogen) atoms. The van der Waals surface area contributed by atoms with Gasteiger partial charge in [0.1, 0.15) is 0 Å². The highest BCUT2D eigenvalue weighted by Crippen LogP contribution is 2.23. The van der Waals surface area contributed by atoms with Gasteiger partial charge in [-0.3, -0.25) is 0 Å². The Bertz CT molecular complexity index is 407. The van der Waals surface area contributed by atoms with Crippen LogP contribution in [0.15, 0.2) is 18.2 Å². The summed E-state index contributed by atoms with van der Waals surface area (Å²) in [6.07, 6.45) is 0. The van der Waals surface area contributed by atoms with Gasteiger partial charge in [0.15, 0.2) is 0 Å². The van der Waals surface area contributed by atoms with Crippen LogP contribution in [-0.4, -0.2) is 33.3 Å². The topological polar surface area (TPSA) is 73.6 Å². The van der Waals surface area contributed by atoms with Crippen LogP contribution in [0.1, 0.15) is 17.3 Å². The molecule has 0 radical (unpaired) electrons. The molecule has 1 unspecified atom stereocenters. The summed E-state index contributed by atoms with van der Waals surface area (Å²) in [6.45, 7) is 3.46. The first-order valence-electron chi connectivity index (χ1n) is 5.79. The van der Waals surface area contributed by atoms with Gasteiger partial charge < -0.3 is 20.5 Å². The molecule has 0 saturated carbocycles. The van der Waals surface area contributed by atoms with Crippen molar-refractivity contribution in [2.24, 2.45) is 5.92 Å². The number of benzene rings is 1. The van der Waals surface area contributed by atoms with E-state index in [9.17, 15) is 4.79 Å². The number of para-hydroxylation sites is 1. The van der Waals surface area contributed by atoms with Crippen LogP contribution in [0.2, 0.25) is 0 Å². The van der Waals surface area contributed by atoms with Crippen molar-refractivity contribution >= 4 is 17.3 Å². The van der Waals surface area contributed by atoms with Gasteiger partial charge in [0.25, 0.3) is 0 Å². The standard InChI is InChI=1S/C13H20N2O3/c1-9(8-17-2)7-15-11-6-4-5-10(12(11)14)13(16)18-3/h4-6,9,15H,7-8,14H2,1-3H3. The van der Waals surface area contributed by atoms with Gasteiger partial charge in [0, 0.05) is 13.7 Å². The number of hydrogen-bond acceptors (Lipinski definition) is 5. The number of hydrogen-bond donors (Lipinski definition) is 2. The van der Waals surface area contributed by atoms with Crippen molar-refractivity contribution in [3.05, 3.63) is 23.8 Å². The lowest BCUT2D eigenvalue weighted by Crippen LogP contribution is -2.17. The van der Waals surface area contributed by atoms with Crippen molar-refractivity contribution in [1.29, 1.82) is 0 Å². The predicted octanol–water partition coefficient (Wildman–Crippen LogP) is 1.75. The van der Waals surface area contributed by atoms with Crippen LogP contribution >= 0.6 is 0 Å². The van der Waals surface area contributed by atoms with Crippen LogP contribution in [-0.2, 0) is 9.47 Å². The Balaban J connectivity index is 2.75. The van der Waals surface area contributed by atoms with Gasteiger partial charge in [-0.05, 0) is 18.1 Å². The molecule has 100 valence electrons. The average molecular weight is 252 g/mol. The van der Waals surface area contributed by atoms with Gasteiger partial charge >= 0.3 is 5.97 Å². The second-order valence-electron chi connectivity index (χ2n) is 4.20. The van der Waals surface area contributed by atoms with E-state index in [1.807, 2.05) is 6.07 Å². The van der Waals surface area contributed by atoms with Crippen LogP contribution in [0.3, 0.4) is 0 Å². The number of esters is 1. The summed E-state index contributed by atoms with van der Waals surface area (Å²) in [6, 6.07) is 5.25. The number of rotatable bonds is 6. The minimum absolute atomic E-state index is 0.358. The van der Waals surface area contributed by atoms with Crippen LogP contribution in [0, 0.1) is 5.92 Å².